The molecular formula is C27H15ClN6O2. The zero-order chi connectivity index (χ0) is 25.2. The van der Waals surface area contributed by atoms with Gasteiger partial charge in [0, 0.05) is 21.7 Å². The predicted octanol–water partition coefficient (Wildman–Crippen LogP) is 5.01. The Kier molecular flexibility index (Phi) is 5.79. The highest BCUT2D eigenvalue weighted by Crippen LogP contribution is 2.31. The number of benzene rings is 3. The van der Waals surface area contributed by atoms with Crippen LogP contribution in [0.3, 0.4) is 0 Å². The van der Waals surface area contributed by atoms with Gasteiger partial charge in [-0.1, -0.05) is 54.1 Å². The van der Waals surface area contributed by atoms with Crippen molar-refractivity contribution in [1.29, 1.82) is 10.5 Å². The van der Waals surface area contributed by atoms with E-state index >= 15 is 0 Å². The van der Waals surface area contributed by atoms with E-state index < -0.39 is 5.56 Å². The number of nitriles is 2. The molecule has 0 aliphatic carbocycles. The van der Waals surface area contributed by atoms with Crippen LogP contribution in [-0.4, -0.2) is 20.5 Å². The van der Waals surface area contributed by atoms with Crippen molar-refractivity contribution in [3.05, 3.63) is 111 Å². The summed E-state index contributed by atoms with van der Waals surface area (Å²) in [5.41, 5.74) is 1.38. The van der Waals surface area contributed by atoms with Crippen LogP contribution in [0.5, 0.6) is 0 Å². The fraction of sp³-hybridized carbons (Fsp3) is 0. The van der Waals surface area contributed by atoms with Crippen LogP contribution in [0.25, 0.3) is 28.2 Å². The standard InChI is InChI=1S/C27H15ClN6O2/c28-18-12-10-16(11-13-18)23-20(14-29)25-32-24(33-34(25)27(36)21(23)15-30)19-8-4-5-9-22(19)31-26(35)17-6-2-1-3-7-17/h1-13H,(H,31,35)(H,32,33). The average Bonchev–Trinajstić information content (AvgIpc) is 3.35. The lowest BCUT2D eigenvalue weighted by atomic mass is 9.97. The first-order valence-corrected chi connectivity index (χ1v) is 11.1. The van der Waals surface area contributed by atoms with Crippen molar-refractivity contribution in [2.45, 2.75) is 0 Å². The van der Waals surface area contributed by atoms with Gasteiger partial charge in [0.05, 0.1) is 5.69 Å². The maximum atomic E-state index is 13.2. The van der Waals surface area contributed by atoms with Gasteiger partial charge >= 0.3 is 0 Å². The van der Waals surface area contributed by atoms with Crippen molar-refractivity contribution in [1.82, 2.24) is 14.6 Å². The Labute approximate surface area is 209 Å². The van der Waals surface area contributed by atoms with Crippen molar-refractivity contribution in [2.75, 3.05) is 5.32 Å². The molecule has 172 valence electrons. The van der Waals surface area contributed by atoms with E-state index in [9.17, 15) is 20.1 Å². The SMILES string of the molecule is N#Cc1c(-c2ccc(Cl)cc2)c(C#N)c2nc(-c3ccccc3NC(=O)c3ccccc3)[nH]n2c1=O. The van der Waals surface area contributed by atoms with E-state index in [1.165, 1.54) is 0 Å². The molecule has 0 aliphatic heterocycles. The lowest BCUT2D eigenvalue weighted by Gasteiger charge is -2.09. The third-order valence-corrected chi connectivity index (χ3v) is 5.86. The minimum absolute atomic E-state index is 0.0572. The summed E-state index contributed by atoms with van der Waals surface area (Å²) in [7, 11) is 0. The zero-order valence-corrected chi connectivity index (χ0v) is 19.2. The molecule has 1 amide bonds. The van der Waals surface area contributed by atoms with Crippen LogP contribution in [0, 0.1) is 22.7 Å². The molecule has 0 atom stereocenters. The normalized spacial score (nSPS) is 10.5. The van der Waals surface area contributed by atoms with Gasteiger partial charge in [-0.25, -0.2) is 4.98 Å². The number of carbonyl (C=O) groups is 1. The van der Waals surface area contributed by atoms with Gasteiger partial charge in [-0.2, -0.15) is 15.0 Å². The third-order valence-electron chi connectivity index (χ3n) is 5.61. The van der Waals surface area contributed by atoms with Crippen molar-refractivity contribution in [3.63, 3.8) is 0 Å². The first-order valence-electron chi connectivity index (χ1n) is 10.7. The Hall–Kier alpha value is -5.18. The van der Waals surface area contributed by atoms with Crippen LogP contribution in [-0.2, 0) is 0 Å². The number of para-hydroxylation sites is 1. The quantitative estimate of drug-likeness (QED) is 0.366. The molecule has 8 nitrogen and oxygen atoms in total. The third kappa shape index (κ3) is 3.88. The van der Waals surface area contributed by atoms with Crippen molar-refractivity contribution < 1.29 is 4.79 Å². The topological polar surface area (TPSA) is 127 Å². The van der Waals surface area contributed by atoms with E-state index in [1.54, 1.807) is 72.8 Å². The number of fused-ring (bicyclic) bond motifs is 1. The maximum Gasteiger partial charge on any atom is 0.289 e. The summed E-state index contributed by atoms with van der Waals surface area (Å²) in [5, 5.41) is 26.0. The van der Waals surface area contributed by atoms with Crippen LogP contribution >= 0.6 is 11.6 Å². The van der Waals surface area contributed by atoms with E-state index in [2.05, 4.69) is 21.5 Å². The Morgan fingerprint density at radius 2 is 1.58 bits per heavy atom. The molecule has 0 fully saturated rings. The highest BCUT2D eigenvalue weighted by atomic mass is 35.5. The Morgan fingerprint density at radius 1 is 0.917 bits per heavy atom. The Morgan fingerprint density at radius 3 is 2.28 bits per heavy atom. The first kappa shape index (κ1) is 22.6. The first-order chi connectivity index (χ1) is 17.5. The molecule has 2 aromatic heterocycles. The van der Waals surface area contributed by atoms with Gasteiger partial charge in [0.25, 0.3) is 11.5 Å². The van der Waals surface area contributed by atoms with E-state index in [1.807, 2.05) is 12.1 Å². The lowest BCUT2D eigenvalue weighted by molar-refractivity contribution is 0.102. The summed E-state index contributed by atoms with van der Waals surface area (Å²) in [6.45, 7) is 0. The highest BCUT2D eigenvalue weighted by molar-refractivity contribution is 6.30. The molecule has 2 heterocycles. The number of nitrogens with zero attached hydrogens (tertiary/aromatic N) is 4. The molecule has 9 heteroatoms. The predicted molar refractivity (Wildman–Crippen MR) is 136 cm³/mol. The van der Waals surface area contributed by atoms with Crippen molar-refractivity contribution >= 4 is 28.8 Å². The van der Waals surface area contributed by atoms with E-state index in [-0.39, 0.29) is 34.1 Å². The average molecular weight is 491 g/mol. The molecule has 0 unspecified atom stereocenters. The fourth-order valence-electron chi connectivity index (χ4n) is 3.93. The molecule has 0 saturated carbocycles. The van der Waals surface area contributed by atoms with Gasteiger partial charge < -0.3 is 5.32 Å². The van der Waals surface area contributed by atoms with Crippen LogP contribution in [0.1, 0.15) is 21.5 Å². The second-order valence-electron chi connectivity index (χ2n) is 7.76. The largest absolute Gasteiger partial charge is 0.321 e. The number of carbonyl (C=O) groups excluding carboxylic acids is 1. The highest BCUT2D eigenvalue weighted by Gasteiger charge is 2.23. The molecule has 5 rings (SSSR count). The lowest BCUT2D eigenvalue weighted by Crippen LogP contribution is -2.20. The number of aromatic amines is 1. The fourth-order valence-corrected chi connectivity index (χ4v) is 4.05. The maximum absolute atomic E-state index is 13.2. The van der Waals surface area contributed by atoms with Gasteiger partial charge in [0.15, 0.2) is 11.5 Å². The van der Waals surface area contributed by atoms with Gasteiger partial charge in [0.2, 0.25) is 0 Å². The number of anilines is 1. The smallest absolute Gasteiger partial charge is 0.289 e. The monoisotopic (exact) mass is 490 g/mol. The minimum Gasteiger partial charge on any atom is -0.321 e. The second-order valence-corrected chi connectivity index (χ2v) is 8.19. The molecule has 0 spiro atoms. The van der Waals surface area contributed by atoms with Crippen LogP contribution in [0.15, 0.2) is 83.7 Å². The molecule has 0 radical (unpaired) electrons. The summed E-state index contributed by atoms with van der Waals surface area (Å²) in [4.78, 5) is 30.5. The van der Waals surface area contributed by atoms with Crippen molar-refractivity contribution in [2.24, 2.45) is 0 Å². The van der Waals surface area contributed by atoms with E-state index in [0.717, 1.165) is 4.52 Å². The van der Waals surface area contributed by atoms with E-state index in [4.69, 9.17) is 11.6 Å². The summed E-state index contributed by atoms with van der Waals surface area (Å²) in [6, 6.07) is 26.2. The van der Waals surface area contributed by atoms with Gasteiger partial charge in [-0.3, -0.25) is 14.7 Å². The number of hydrogen-bond acceptors (Lipinski definition) is 5. The number of rotatable bonds is 4. The van der Waals surface area contributed by atoms with Crippen molar-refractivity contribution in [3.8, 4) is 34.7 Å². The van der Waals surface area contributed by atoms with Crippen LogP contribution in [0.4, 0.5) is 5.69 Å². The second kappa shape index (κ2) is 9.22. The molecule has 2 N–H and O–H groups in total. The summed E-state index contributed by atoms with van der Waals surface area (Å²) in [6.07, 6.45) is 0. The zero-order valence-electron chi connectivity index (χ0n) is 18.5. The number of halogens is 1. The molecule has 0 aliphatic rings. The van der Waals surface area contributed by atoms with Crippen LogP contribution in [0.2, 0.25) is 5.02 Å². The number of aromatic nitrogens is 3. The van der Waals surface area contributed by atoms with Gasteiger partial charge in [-0.05, 0) is 42.0 Å². The van der Waals surface area contributed by atoms with Gasteiger partial charge in [0.1, 0.15) is 23.3 Å². The summed E-state index contributed by atoms with van der Waals surface area (Å²) in [5.74, 6) is -0.0736. The number of hydrogen-bond donors (Lipinski definition) is 2. The Bertz CT molecular complexity index is 1770. The molecule has 36 heavy (non-hydrogen) atoms. The minimum atomic E-state index is -0.652. The summed E-state index contributed by atoms with van der Waals surface area (Å²) >= 11 is 5.99. The molecule has 0 saturated heterocycles. The number of pyridine rings is 1. The Balaban J connectivity index is 1.69. The molecular weight excluding hydrogens is 476 g/mol. The molecule has 5 aromatic rings. The molecule has 0 bridgehead atoms. The number of H-pyrrole nitrogens is 1. The van der Waals surface area contributed by atoms with Crippen LogP contribution < -0.4 is 10.9 Å². The number of nitrogens with one attached hydrogen (secondary N) is 2. The number of amides is 1. The van der Waals surface area contributed by atoms with Gasteiger partial charge in [-0.15, -0.1) is 0 Å². The summed E-state index contributed by atoms with van der Waals surface area (Å²) < 4.78 is 1.07. The molecule has 3 aromatic carbocycles. The van der Waals surface area contributed by atoms with E-state index in [0.29, 0.717) is 27.4 Å².